The zero-order valence-corrected chi connectivity index (χ0v) is 13.8. The first kappa shape index (κ1) is 16.9. The number of carbonyl (C=O) groups is 2. The van der Waals surface area contributed by atoms with Gasteiger partial charge in [-0.3, -0.25) is 9.59 Å². The number of nitrogens with two attached hydrogens (primary N) is 1. The lowest BCUT2D eigenvalue weighted by Gasteiger charge is -2.17. The van der Waals surface area contributed by atoms with Crippen LogP contribution in [0.3, 0.4) is 0 Å². The van der Waals surface area contributed by atoms with E-state index >= 15 is 0 Å². The molecule has 0 aromatic heterocycles. The molecule has 6 nitrogen and oxygen atoms in total. The molecule has 1 aliphatic heterocycles. The fourth-order valence-electron chi connectivity index (χ4n) is 3.54. The molecular formula is C18H25N3O3. The third-order valence-corrected chi connectivity index (χ3v) is 4.94. The smallest absolute Gasteiger partial charge is 0.253 e. The van der Waals surface area contributed by atoms with Crippen molar-refractivity contribution in [2.24, 2.45) is 17.6 Å². The molecule has 4 N–H and O–H groups in total. The number of nitrogens with one attached hydrogen (secondary N) is 2. The van der Waals surface area contributed by atoms with Gasteiger partial charge in [-0.15, -0.1) is 0 Å². The van der Waals surface area contributed by atoms with Gasteiger partial charge in [0.15, 0.2) is 0 Å². The van der Waals surface area contributed by atoms with Crippen LogP contribution in [-0.2, 0) is 14.3 Å². The van der Waals surface area contributed by atoms with Gasteiger partial charge in [-0.05, 0) is 62.4 Å². The molecule has 0 spiro atoms. The summed E-state index contributed by atoms with van der Waals surface area (Å²) < 4.78 is 5.36. The Kier molecular flexibility index (Phi) is 5.48. The molecule has 1 saturated heterocycles. The lowest BCUT2D eigenvalue weighted by molar-refractivity contribution is -0.124. The number of rotatable bonds is 5. The molecule has 0 radical (unpaired) electrons. The van der Waals surface area contributed by atoms with Crippen LogP contribution in [0.4, 0.5) is 11.4 Å². The molecule has 1 heterocycles. The fourth-order valence-corrected chi connectivity index (χ4v) is 3.54. The molecule has 1 aromatic rings. The number of hydrogen-bond acceptors (Lipinski definition) is 4. The van der Waals surface area contributed by atoms with Crippen LogP contribution in [0.15, 0.2) is 24.3 Å². The highest BCUT2D eigenvalue weighted by atomic mass is 16.5. The van der Waals surface area contributed by atoms with E-state index in [2.05, 4.69) is 10.6 Å². The van der Waals surface area contributed by atoms with Gasteiger partial charge in [0, 0.05) is 23.9 Å². The largest absolute Gasteiger partial charge is 0.368 e. The van der Waals surface area contributed by atoms with Gasteiger partial charge in [-0.25, -0.2) is 0 Å². The van der Waals surface area contributed by atoms with Gasteiger partial charge in [0.05, 0.1) is 0 Å². The summed E-state index contributed by atoms with van der Waals surface area (Å²) in [5, 5.41) is 5.79. The first-order chi connectivity index (χ1) is 11.7. The van der Waals surface area contributed by atoms with Gasteiger partial charge in [0.25, 0.3) is 5.91 Å². The Hall–Kier alpha value is -1.92. The first-order valence-electron chi connectivity index (χ1n) is 8.71. The quantitative estimate of drug-likeness (QED) is 0.770. The van der Waals surface area contributed by atoms with Gasteiger partial charge in [-0.1, -0.05) is 6.42 Å². The average Bonchev–Trinajstić information content (AvgIpc) is 3.28. The van der Waals surface area contributed by atoms with E-state index in [4.69, 9.17) is 10.5 Å². The van der Waals surface area contributed by atoms with Crippen molar-refractivity contribution in [1.29, 1.82) is 0 Å². The molecule has 130 valence electrons. The van der Waals surface area contributed by atoms with Crippen molar-refractivity contribution >= 4 is 23.2 Å². The number of anilines is 2. The Morgan fingerprint density at radius 2 is 1.67 bits per heavy atom. The van der Waals surface area contributed by atoms with Crippen molar-refractivity contribution in [2.45, 2.75) is 38.2 Å². The van der Waals surface area contributed by atoms with Gasteiger partial charge in [-0.2, -0.15) is 0 Å². The van der Waals surface area contributed by atoms with E-state index in [1.165, 1.54) is 0 Å². The highest BCUT2D eigenvalue weighted by molar-refractivity contribution is 5.95. The number of hydrogen-bond donors (Lipinski definition) is 3. The van der Waals surface area contributed by atoms with Gasteiger partial charge < -0.3 is 21.1 Å². The molecule has 2 fully saturated rings. The van der Waals surface area contributed by atoms with Crippen molar-refractivity contribution in [3.63, 3.8) is 0 Å². The van der Waals surface area contributed by atoms with E-state index < -0.39 is 0 Å². The van der Waals surface area contributed by atoms with Gasteiger partial charge in [0.2, 0.25) is 5.91 Å². The van der Waals surface area contributed by atoms with Crippen LogP contribution in [0.25, 0.3) is 0 Å². The maximum Gasteiger partial charge on any atom is 0.253 e. The molecule has 2 aliphatic rings. The second-order valence-electron chi connectivity index (χ2n) is 6.59. The van der Waals surface area contributed by atoms with Gasteiger partial charge >= 0.3 is 0 Å². The summed E-state index contributed by atoms with van der Waals surface area (Å²) in [4.78, 5) is 24.4. The van der Waals surface area contributed by atoms with E-state index in [-0.39, 0.29) is 29.8 Å². The fraction of sp³-hybridized carbons (Fsp3) is 0.556. The Balaban J connectivity index is 1.54. The number of carbonyl (C=O) groups excluding carboxylic acids is 2. The molecule has 1 aromatic carbocycles. The Morgan fingerprint density at radius 1 is 1.00 bits per heavy atom. The van der Waals surface area contributed by atoms with Crippen LogP contribution in [0.2, 0.25) is 0 Å². The van der Waals surface area contributed by atoms with Crippen molar-refractivity contribution in [2.75, 3.05) is 23.8 Å². The van der Waals surface area contributed by atoms with E-state index in [1.807, 2.05) is 0 Å². The van der Waals surface area contributed by atoms with Crippen LogP contribution < -0.4 is 16.4 Å². The van der Waals surface area contributed by atoms with Crippen molar-refractivity contribution in [1.82, 2.24) is 0 Å². The lowest BCUT2D eigenvalue weighted by Crippen LogP contribution is -2.29. The van der Waals surface area contributed by atoms with Crippen molar-refractivity contribution in [3.8, 4) is 0 Å². The summed E-state index contributed by atoms with van der Waals surface area (Å²) >= 11 is 0. The summed E-state index contributed by atoms with van der Waals surface area (Å²) in [6, 6.07) is 7.18. The predicted molar refractivity (Wildman–Crippen MR) is 92.6 cm³/mol. The summed E-state index contributed by atoms with van der Waals surface area (Å²) in [7, 11) is 0. The monoisotopic (exact) mass is 331 g/mol. The Bertz CT molecular complexity index is 582. The second-order valence-corrected chi connectivity index (χ2v) is 6.59. The molecular weight excluding hydrogens is 306 g/mol. The van der Waals surface area contributed by atoms with Crippen LogP contribution in [0.5, 0.6) is 0 Å². The molecule has 0 bridgehead atoms. The van der Waals surface area contributed by atoms with Crippen LogP contribution in [0, 0.1) is 11.8 Å². The zero-order chi connectivity index (χ0) is 16.9. The third kappa shape index (κ3) is 3.94. The average molecular weight is 331 g/mol. The van der Waals surface area contributed by atoms with E-state index in [0.29, 0.717) is 18.8 Å². The summed E-state index contributed by atoms with van der Waals surface area (Å²) in [6.07, 6.45) is 4.35. The minimum atomic E-state index is -0.347. The standard InChI is InChI=1S/C18H25N3O3/c19-11-12-3-1-4-15(12)17(22)20-13-6-8-14(9-7-13)21-18(23)16-5-2-10-24-16/h6-9,12,15-16H,1-5,10-11,19H2,(H,20,22)(H,21,23)/t12-,15-,16?/m1/s1. The van der Waals surface area contributed by atoms with Crippen molar-refractivity contribution < 1.29 is 14.3 Å². The maximum absolute atomic E-state index is 12.4. The molecule has 1 unspecified atom stereocenters. The highest BCUT2D eigenvalue weighted by Gasteiger charge is 2.31. The Labute approximate surface area is 142 Å². The molecule has 3 atom stereocenters. The van der Waals surface area contributed by atoms with Crippen LogP contribution in [-0.4, -0.2) is 31.1 Å². The first-order valence-corrected chi connectivity index (χ1v) is 8.71. The summed E-state index contributed by atoms with van der Waals surface area (Å²) in [5.41, 5.74) is 7.18. The van der Waals surface area contributed by atoms with E-state index in [9.17, 15) is 9.59 Å². The SMILES string of the molecule is NC[C@H]1CCC[C@H]1C(=O)Nc1ccc(NC(=O)C2CCCO2)cc1. The molecule has 6 heteroatoms. The molecule has 24 heavy (non-hydrogen) atoms. The lowest BCUT2D eigenvalue weighted by atomic mass is 9.95. The van der Waals surface area contributed by atoms with Crippen molar-refractivity contribution in [3.05, 3.63) is 24.3 Å². The Morgan fingerprint density at radius 3 is 2.25 bits per heavy atom. The minimum Gasteiger partial charge on any atom is -0.368 e. The van der Waals surface area contributed by atoms with E-state index in [1.54, 1.807) is 24.3 Å². The number of benzene rings is 1. The molecule has 1 saturated carbocycles. The normalized spacial score (nSPS) is 26.3. The summed E-state index contributed by atoms with van der Waals surface area (Å²) in [6.45, 7) is 1.21. The second kappa shape index (κ2) is 7.77. The zero-order valence-electron chi connectivity index (χ0n) is 13.8. The summed E-state index contributed by atoms with van der Waals surface area (Å²) in [5.74, 6) is 0.226. The predicted octanol–water partition coefficient (Wildman–Crippen LogP) is 2.12. The number of amides is 2. The van der Waals surface area contributed by atoms with Gasteiger partial charge in [0.1, 0.15) is 6.10 Å². The topological polar surface area (TPSA) is 93.5 Å². The third-order valence-electron chi connectivity index (χ3n) is 4.94. The van der Waals surface area contributed by atoms with Crippen LogP contribution >= 0.6 is 0 Å². The molecule has 3 rings (SSSR count). The number of ether oxygens (including phenoxy) is 1. The minimum absolute atomic E-state index is 0.00824. The molecule has 2 amide bonds. The molecule has 1 aliphatic carbocycles. The maximum atomic E-state index is 12.4. The van der Waals surface area contributed by atoms with Crippen LogP contribution in [0.1, 0.15) is 32.1 Å². The van der Waals surface area contributed by atoms with E-state index in [0.717, 1.165) is 37.8 Å². The highest BCUT2D eigenvalue weighted by Crippen LogP contribution is 2.32.